The number of aromatic nitrogens is 1. The van der Waals surface area contributed by atoms with Crippen LogP contribution < -0.4 is 9.16 Å². The summed E-state index contributed by atoms with van der Waals surface area (Å²) < 4.78 is 52.4. The maximum Gasteiger partial charge on any atom is 0.415 e. The number of nitrogens with zero attached hydrogens (tertiary/aromatic N) is 4. The molecule has 0 radical (unpaired) electrons. The zero-order chi connectivity index (χ0) is 33.6. The Balaban J connectivity index is 1.62. The molecule has 2 aromatic carbocycles. The molecule has 0 bridgehead atoms. The Hall–Kier alpha value is -3.55. The molecule has 1 fully saturated rings. The number of fused-ring (bicyclic) bond motifs is 2. The number of benzene rings is 2. The number of pyridine rings is 1. The molecule has 0 aliphatic carbocycles. The molecule has 1 aromatic heterocycles. The maximum atomic E-state index is 14.3. The lowest BCUT2D eigenvalue weighted by atomic mass is 10.0. The van der Waals surface area contributed by atoms with Gasteiger partial charge in [0.2, 0.25) is 10.0 Å². The molecule has 3 aromatic rings. The van der Waals surface area contributed by atoms with Gasteiger partial charge in [-0.25, -0.2) is 17.6 Å². The summed E-state index contributed by atoms with van der Waals surface area (Å²) in [6, 6.07) is 9.58. The van der Waals surface area contributed by atoms with E-state index in [4.69, 9.17) is 14.1 Å². The minimum Gasteiger partial charge on any atom is -0.541 e. The second-order valence-electron chi connectivity index (χ2n) is 13.1. The fourth-order valence-corrected chi connectivity index (χ4v) is 13.2. The van der Waals surface area contributed by atoms with Crippen LogP contribution in [0.4, 0.5) is 9.18 Å². The van der Waals surface area contributed by atoms with Gasteiger partial charge in [0, 0.05) is 49.9 Å². The third kappa shape index (κ3) is 6.24. The number of carbonyl (C=O) groups is 2. The smallest absolute Gasteiger partial charge is 0.415 e. The highest BCUT2D eigenvalue weighted by Gasteiger charge is 2.49. The summed E-state index contributed by atoms with van der Waals surface area (Å²) in [6.07, 6.45) is 2.15. The van der Waals surface area contributed by atoms with Crippen molar-refractivity contribution in [1.29, 1.82) is 0 Å². The lowest BCUT2D eigenvalue weighted by Crippen LogP contribution is -2.51. The summed E-state index contributed by atoms with van der Waals surface area (Å²) in [7, 11) is -5.96. The number of ether oxygens (including phenoxy) is 1. The molecule has 0 atom stereocenters. The van der Waals surface area contributed by atoms with Gasteiger partial charge in [-0.3, -0.25) is 9.78 Å². The van der Waals surface area contributed by atoms with Gasteiger partial charge < -0.3 is 19.0 Å². The van der Waals surface area contributed by atoms with Crippen molar-refractivity contribution < 1.29 is 31.6 Å². The van der Waals surface area contributed by atoms with Gasteiger partial charge >= 0.3 is 6.09 Å². The van der Waals surface area contributed by atoms with Crippen molar-refractivity contribution in [2.75, 3.05) is 32.4 Å². The Morgan fingerprint density at radius 3 is 2.13 bits per heavy atom. The van der Waals surface area contributed by atoms with Gasteiger partial charge in [-0.15, -0.1) is 0 Å². The number of hydrogen-bond donors (Lipinski definition) is 0. The summed E-state index contributed by atoms with van der Waals surface area (Å²) in [5.74, 6) is 0.0141. The highest BCUT2D eigenvalue weighted by Crippen LogP contribution is 2.49. The van der Waals surface area contributed by atoms with Crippen molar-refractivity contribution in [3.05, 3.63) is 65.1 Å². The molecule has 46 heavy (non-hydrogen) atoms. The Bertz CT molecular complexity index is 1720. The van der Waals surface area contributed by atoms with Crippen LogP contribution >= 0.6 is 0 Å². The summed E-state index contributed by atoms with van der Waals surface area (Å²) in [5, 5.41) is 0.551. The van der Waals surface area contributed by atoms with E-state index < -0.39 is 24.4 Å². The predicted octanol–water partition coefficient (Wildman–Crippen LogP) is 6.16. The van der Waals surface area contributed by atoms with Gasteiger partial charge in [-0.1, -0.05) is 53.7 Å². The van der Waals surface area contributed by atoms with Gasteiger partial charge in [-0.05, 0) is 46.5 Å². The normalized spacial score (nSPS) is 16.2. The van der Waals surface area contributed by atoms with Crippen molar-refractivity contribution in [2.45, 2.75) is 71.3 Å². The molecule has 2 aliphatic heterocycles. The first kappa shape index (κ1) is 33.8. The lowest BCUT2D eigenvalue weighted by molar-refractivity contribution is 0.0765. The van der Waals surface area contributed by atoms with Gasteiger partial charge in [0.1, 0.15) is 22.8 Å². The highest BCUT2D eigenvalue weighted by molar-refractivity contribution is 7.88. The van der Waals surface area contributed by atoms with Gasteiger partial charge in [0.05, 0.1) is 18.4 Å². The van der Waals surface area contributed by atoms with E-state index in [0.29, 0.717) is 27.8 Å². The van der Waals surface area contributed by atoms with E-state index in [1.54, 1.807) is 29.3 Å². The second kappa shape index (κ2) is 12.9. The number of hydrogen-bond acceptors (Lipinski definition) is 7. The molecule has 2 amide bonds. The predicted molar refractivity (Wildman–Crippen MR) is 177 cm³/mol. The molecular formula is C33H43FN4O6SSi. The van der Waals surface area contributed by atoms with Crippen LogP contribution in [0.1, 0.15) is 63.0 Å². The number of amides is 2. The molecular weight excluding hydrogens is 628 g/mol. The van der Waals surface area contributed by atoms with Crippen LogP contribution in [-0.2, 0) is 23.1 Å². The fourth-order valence-electron chi connectivity index (χ4n) is 7.14. The fraction of sp³-hybridized carbons (Fsp3) is 0.485. The van der Waals surface area contributed by atoms with Crippen LogP contribution in [0.15, 0.2) is 42.6 Å². The molecule has 0 N–H and O–H groups in total. The molecule has 10 nitrogen and oxygen atoms in total. The SMILES string of the molecule is CC(C)[Si](Oc1c2c(c(OC(=O)N3CCN(S(C)(=O)=O)CC3)c3cccnc13)CN(Cc1ccc(F)cc1)C2=O)(C(C)C)C(C)C. The zero-order valence-corrected chi connectivity index (χ0v) is 29.4. The Labute approximate surface area is 271 Å². The molecule has 2 aliphatic rings. The van der Waals surface area contributed by atoms with Crippen LogP contribution in [0.5, 0.6) is 11.5 Å². The van der Waals surface area contributed by atoms with Crippen LogP contribution in [0.25, 0.3) is 10.9 Å². The second-order valence-corrected chi connectivity index (χ2v) is 20.5. The first-order valence-electron chi connectivity index (χ1n) is 15.7. The van der Waals surface area contributed by atoms with E-state index in [9.17, 15) is 22.4 Å². The van der Waals surface area contributed by atoms with Crippen molar-refractivity contribution in [3.63, 3.8) is 0 Å². The third-order valence-corrected chi connectivity index (χ3v) is 16.6. The molecule has 13 heteroatoms. The summed E-state index contributed by atoms with van der Waals surface area (Å²) >= 11 is 0. The summed E-state index contributed by atoms with van der Waals surface area (Å²) in [4.78, 5) is 35.8. The van der Waals surface area contributed by atoms with Crippen molar-refractivity contribution in [1.82, 2.24) is 19.1 Å². The lowest BCUT2D eigenvalue weighted by Gasteiger charge is -2.42. The Morgan fingerprint density at radius 2 is 1.57 bits per heavy atom. The van der Waals surface area contributed by atoms with Crippen molar-refractivity contribution in [2.24, 2.45) is 0 Å². The van der Waals surface area contributed by atoms with E-state index in [2.05, 4.69) is 41.5 Å². The standard InChI is InChI=1S/C33H43FN4O6SSi/c1-21(2)46(22(3)4,23(5)6)44-31-28-27(20-37(32(28)39)19-24-10-12-25(34)13-11-24)30(26-9-8-14-35-29(26)31)43-33(40)36-15-17-38(18-16-36)45(7,41)42/h8-14,21-23H,15-20H2,1-7H3. The monoisotopic (exact) mass is 670 g/mol. The third-order valence-electron chi connectivity index (χ3n) is 9.35. The number of rotatable bonds is 9. The van der Waals surface area contributed by atoms with Crippen molar-refractivity contribution in [3.8, 4) is 11.5 Å². The maximum absolute atomic E-state index is 14.3. The van der Waals surface area contributed by atoms with E-state index in [1.807, 2.05) is 6.07 Å². The van der Waals surface area contributed by atoms with Gasteiger partial charge in [0.15, 0.2) is 0 Å². The quantitative estimate of drug-likeness (QED) is 0.251. The van der Waals surface area contributed by atoms with Crippen molar-refractivity contribution >= 4 is 41.2 Å². The van der Waals surface area contributed by atoms with Gasteiger partial charge in [0.25, 0.3) is 14.2 Å². The average molecular weight is 671 g/mol. The van der Waals surface area contributed by atoms with Crippen LogP contribution in [0.3, 0.4) is 0 Å². The summed E-state index contributed by atoms with van der Waals surface area (Å²) in [5.41, 5.74) is 2.72. The minimum atomic E-state index is -3.38. The number of halogens is 1. The zero-order valence-electron chi connectivity index (χ0n) is 27.5. The largest absolute Gasteiger partial charge is 0.541 e. The molecule has 248 valence electrons. The van der Waals surface area contributed by atoms with E-state index in [-0.39, 0.29) is 73.4 Å². The van der Waals surface area contributed by atoms with Crippen LogP contribution in [0.2, 0.25) is 16.6 Å². The number of carbonyl (C=O) groups excluding carboxylic acids is 2. The van der Waals surface area contributed by atoms with Crippen LogP contribution in [0, 0.1) is 5.82 Å². The average Bonchev–Trinajstić information content (AvgIpc) is 3.32. The van der Waals surface area contributed by atoms with E-state index >= 15 is 0 Å². The molecule has 1 saturated heterocycles. The number of piperazine rings is 1. The van der Waals surface area contributed by atoms with E-state index in [0.717, 1.165) is 11.8 Å². The number of sulfonamides is 1. The topological polar surface area (TPSA) is 109 Å². The molecule has 0 spiro atoms. The van der Waals surface area contributed by atoms with Gasteiger partial charge in [-0.2, -0.15) is 4.31 Å². The molecule has 3 heterocycles. The first-order valence-corrected chi connectivity index (χ1v) is 19.7. The molecule has 5 rings (SSSR count). The Kier molecular flexibility index (Phi) is 9.49. The summed E-state index contributed by atoms with van der Waals surface area (Å²) in [6.45, 7) is 14.1. The highest BCUT2D eigenvalue weighted by atomic mass is 32.2. The van der Waals surface area contributed by atoms with Crippen LogP contribution in [-0.4, -0.2) is 80.3 Å². The molecule has 0 saturated carbocycles. The molecule has 0 unspecified atom stereocenters. The van der Waals surface area contributed by atoms with E-state index in [1.165, 1.54) is 21.3 Å². The minimum absolute atomic E-state index is 0.150. The first-order chi connectivity index (χ1) is 21.6. The Morgan fingerprint density at radius 1 is 0.957 bits per heavy atom.